The van der Waals surface area contributed by atoms with Gasteiger partial charge in [-0.1, -0.05) is 11.6 Å². The Bertz CT molecular complexity index is 574. The van der Waals surface area contributed by atoms with Crippen molar-refractivity contribution < 1.29 is 9.47 Å². The minimum Gasteiger partial charge on any atom is -0.497 e. The van der Waals surface area contributed by atoms with Crippen molar-refractivity contribution in [2.75, 3.05) is 14.2 Å². The van der Waals surface area contributed by atoms with Gasteiger partial charge >= 0.3 is 0 Å². The maximum Gasteiger partial charge on any atom is 0.123 e. The average molecular weight is 313 g/mol. The molecule has 108 valence electrons. The SMILES string of the molecule is COc1ccc(OC)c(C(C)NCc2ncc(Cl)s2)c1. The number of nitrogens with zero attached hydrogens (tertiary/aromatic N) is 1. The van der Waals surface area contributed by atoms with Crippen LogP contribution in [-0.4, -0.2) is 19.2 Å². The number of methoxy groups -OCH3 is 2. The van der Waals surface area contributed by atoms with E-state index in [4.69, 9.17) is 21.1 Å². The minimum absolute atomic E-state index is 0.114. The maximum atomic E-state index is 5.87. The lowest BCUT2D eigenvalue weighted by Crippen LogP contribution is -2.18. The molecule has 0 saturated carbocycles. The van der Waals surface area contributed by atoms with Crippen LogP contribution in [0.3, 0.4) is 0 Å². The van der Waals surface area contributed by atoms with E-state index in [1.165, 1.54) is 11.3 Å². The van der Waals surface area contributed by atoms with E-state index in [-0.39, 0.29) is 6.04 Å². The van der Waals surface area contributed by atoms with Crippen LogP contribution in [0, 0.1) is 0 Å². The highest BCUT2D eigenvalue weighted by Gasteiger charge is 2.13. The van der Waals surface area contributed by atoms with Gasteiger partial charge in [0, 0.05) is 18.2 Å². The molecule has 0 saturated heterocycles. The molecule has 1 unspecified atom stereocenters. The summed E-state index contributed by atoms with van der Waals surface area (Å²) in [4.78, 5) is 4.23. The normalized spacial score (nSPS) is 12.2. The minimum atomic E-state index is 0.114. The van der Waals surface area contributed by atoms with Crippen LogP contribution in [0.15, 0.2) is 24.4 Å². The first-order valence-corrected chi connectivity index (χ1v) is 7.39. The fraction of sp³-hybridized carbons (Fsp3) is 0.357. The van der Waals surface area contributed by atoms with Gasteiger partial charge in [0.25, 0.3) is 0 Å². The van der Waals surface area contributed by atoms with E-state index >= 15 is 0 Å². The Morgan fingerprint density at radius 1 is 1.35 bits per heavy atom. The fourth-order valence-corrected chi connectivity index (χ4v) is 2.81. The van der Waals surface area contributed by atoms with Crippen LogP contribution < -0.4 is 14.8 Å². The Labute approximate surface area is 127 Å². The number of nitrogens with one attached hydrogen (secondary N) is 1. The second-order valence-corrected chi connectivity index (χ2v) is 6.02. The van der Waals surface area contributed by atoms with Gasteiger partial charge in [-0.05, 0) is 25.1 Å². The zero-order valence-electron chi connectivity index (χ0n) is 11.6. The molecule has 2 rings (SSSR count). The molecular formula is C14H17ClN2O2S. The number of rotatable bonds is 6. The molecule has 2 aromatic rings. The van der Waals surface area contributed by atoms with Crippen molar-refractivity contribution in [1.29, 1.82) is 0 Å². The van der Waals surface area contributed by atoms with E-state index in [1.807, 2.05) is 18.2 Å². The van der Waals surface area contributed by atoms with Crippen LogP contribution in [0.25, 0.3) is 0 Å². The summed E-state index contributed by atoms with van der Waals surface area (Å²) in [6.07, 6.45) is 1.67. The van der Waals surface area contributed by atoms with E-state index in [9.17, 15) is 0 Å². The lowest BCUT2D eigenvalue weighted by atomic mass is 10.1. The monoisotopic (exact) mass is 312 g/mol. The quantitative estimate of drug-likeness (QED) is 0.884. The highest BCUT2D eigenvalue weighted by Crippen LogP contribution is 2.29. The second kappa shape index (κ2) is 6.92. The zero-order valence-corrected chi connectivity index (χ0v) is 13.2. The molecule has 0 spiro atoms. The van der Waals surface area contributed by atoms with Crippen LogP contribution in [0.2, 0.25) is 4.34 Å². The number of ether oxygens (including phenoxy) is 2. The predicted molar refractivity (Wildman–Crippen MR) is 81.9 cm³/mol. The molecule has 0 aliphatic rings. The largest absolute Gasteiger partial charge is 0.497 e. The van der Waals surface area contributed by atoms with E-state index in [2.05, 4.69) is 17.2 Å². The highest BCUT2D eigenvalue weighted by molar-refractivity contribution is 7.15. The fourth-order valence-electron chi connectivity index (χ4n) is 1.90. The first-order chi connectivity index (χ1) is 9.63. The number of thiazole rings is 1. The number of benzene rings is 1. The summed E-state index contributed by atoms with van der Waals surface area (Å²) in [5, 5.41) is 4.37. The highest BCUT2D eigenvalue weighted by atomic mass is 35.5. The van der Waals surface area contributed by atoms with Gasteiger partial charge in [-0.25, -0.2) is 4.98 Å². The smallest absolute Gasteiger partial charge is 0.123 e. The van der Waals surface area contributed by atoms with Crippen LogP contribution in [0.4, 0.5) is 0 Å². The molecule has 20 heavy (non-hydrogen) atoms. The third-order valence-corrected chi connectivity index (χ3v) is 4.10. The van der Waals surface area contributed by atoms with Gasteiger partial charge in [-0.15, -0.1) is 11.3 Å². The van der Waals surface area contributed by atoms with Gasteiger partial charge < -0.3 is 14.8 Å². The molecule has 1 aromatic heterocycles. The van der Waals surface area contributed by atoms with Gasteiger partial charge in [-0.3, -0.25) is 0 Å². The molecule has 0 fully saturated rings. The molecular weight excluding hydrogens is 296 g/mol. The number of aromatic nitrogens is 1. The standard InChI is InChI=1S/C14H17ClN2O2S/c1-9(16-8-14-17-7-13(15)20-14)11-6-10(18-2)4-5-12(11)19-3/h4-7,9,16H,8H2,1-3H3. The molecule has 1 N–H and O–H groups in total. The molecule has 0 aliphatic carbocycles. The average Bonchev–Trinajstić information content (AvgIpc) is 2.89. The van der Waals surface area contributed by atoms with Crippen LogP contribution in [0.5, 0.6) is 11.5 Å². The first-order valence-electron chi connectivity index (χ1n) is 6.19. The first kappa shape index (κ1) is 15.1. The van der Waals surface area contributed by atoms with Crippen LogP contribution in [-0.2, 0) is 6.54 Å². The molecule has 1 atom stereocenters. The van der Waals surface area contributed by atoms with Crippen molar-refractivity contribution in [3.8, 4) is 11.5 Å². The Morgan fingerprint density at radius 2 is 2.15 bits per heavy atom. The Balaban J connectivity index is 2.09. The summed E-state index contributed by atoms with van der Waals surface area (Å²) in [7, 11) is 3.32. The van der Waals surface area contributed by atoms with E-state index < -0.39 is 0 Å². The molecule has 0 amide bonds. The van der Waals surface area contributed by atoms with Crippen molar-refractivity contribution in [2.45, 2.75) is 19.5 Å². The molecule has 0 radical (unpaired) electrons. The van der Waals surface area contributed by atoms with Crippen LogP contribution in [0.1, 0.15) is 23.5 Å². The maximum absolute atomic E-state index is 5.87. The van der Waals surface area contributed by atoms with E-state index in [0.717, 1.165) is 22.1 Å². The van der Waals surface area contributed by atoms with Gasteiger partial charge in [0.15, 0.2) is 0 Å². The molecule has 0 bridgehead atoms. The van der Waals surface area contributed by atoms with Crippen molar-refractivity contribution in [2.24, 2.45) is 0 Å². The lowest BCUT2D eigenvalue weighted by molar-refractivity contribution is 0.391. The summed E-state index contributed by atoms with van der Waals surface area (Å²) in [5.74, 6) is 1.65. The van der Waals surface area contributed by atoms with Crippen LogP contribution >= 0.6 is 22.9 Å². The third kappa shape index (κ3) is 3.62. The van der Waals surface area contributed by atoms with Crippen molar-refractivity contribution >= 4 is 22.9 Å². The van der Waals surface area contributed by atoms with Gasteiger partial charge in [0.1, 0.15) is 20.8 Å². The predicted octanol–water partition coefficient (Wildman–Crippen LogP) is 3.66. The van der Waals surface area contributed by atoms with Crippen molar-refractivity contribution in [1.82, 2.24) is 10.3 Å². The van der Waals surface area contributed by atoms with Crippen molar-refractivity contribution in [3.63, 3.8) is 0 Å². The summed E-state index contributed by atoms with van der Waals surface area (Å²) in [6, 6.07) is 5.89. The summed E-state index contributed by atoms with van der Waals surface area (Å²) in [6.45, 7) is 2.74. The van der Waals surface area contributed by atoms with Gasteiger partial charge in [0.05, 0.1) is 20.4 Å². The number of halogens is 1. The lowest BCUT2D eigenvalue weighted by Gasteiger charge is -2.17. The van der Waals surface area contributed by atoms with Gasteiger partial charge in [-0.2, -0.15) is 0 Å². The Hall–Kier alpha value is -1.30. The Morgan fingerprint density at radius 3 is 2.75 bits per heavy atom. The van der Waals surface area contributed by atoms with E-state index in [0.29, 0.717) is 10.9 Å². The topological polar surface area (TPSA) is 43.4 Å². The molecule has 1 heterocycles. The number of hydrogen-bond donors (Lipinski definition) is 1. The summed E-state index contributed by atoms with van der Waals surface area (Å²) in [5.41, 5.74) is 1.05. The summed E-state index contributed by atoms with van der Waals surface area (Å²) >= 11 is 7.35. The zero-order chi connectivity index (χ0) is 14.5. The molecule has 4 nitrogen and oxygen atoms in total. The second-order valence-electron chi connectivity index (χ2n) is 4.27. The molecule has 1 aromatic carbocycles. The molecule has 6 heteroatoms. The molecule has 0 aliphatic heterocycles. The third-order valence-electron chi connectivity index (χ3n) is 2.99. The summed E-state index contributed by atoms with van der Waals surface area (Å²) < 4.78 is 11.4. The van der Waals surface area contributed by atoms with Gasteiger partial charge in [0.2, 0.25) is 0 Å². The van der Waals surface area contributed by atoms with E-state index in [1.54, 1.807) is 20.4 Å². The van der Waals surface area contributed by atoms with Crippen molar-refractivity contribution in [3.05, 3.63) is 39.3 Å². The number of hydrogen-bond acceptors (Lipinski definition) is 5. The Kier molecular flexibility index (Phi) is 5.23.